The van der Waals surface area contributed by atoms with Gasteiger partial charge in [-0.1, -0.05) is 75.7 Å². The van der Waals surface area contributed by atoms with Gasteiger partial charge in [0.15, 0.2) is 0 Å². The SMILES string of the molecule is CC(C)C[C@H](NC(=O)[C@@H](NC(=O)[C@H](CCC(=O)O)NC(=O)[C@@H](NC(=O)[C@H](C)NC(=O)[C@H](C)NC(=O)[C@@H](NC(=O)[C@@H](NC(=O)[C@H](CCCCN)NC(=O)[C@H](CCCCN)NC(=O)[C@H](CCCCN)NC(=O)[C@@H](N)CCCCN)C(C)C)C(C)C)[C@@H](C)O)C(C)C)C(=O)N[C@H](C(=O)O)C(C)C. The highest BCUT2D eigenvalue weighted by atomic mass is 16.4. The highest BCUT2D eigenvalue weighted by molar-refractivity contribution is 6.00. The van der Waals surface area contributed by atoms with Gasteiger partial charge in [0.2, 0.25) is 70.9 Å². The van der Waals surface area contributed by atoms with Gasteiger partial charge in [-0.25, -0.2) is 4.79 Å². The molecule has 25 N–H and O–H groups in total. The van der Waals surface area contributed by atoms with Gasteiger partial charge in [0, 0.05) is 6.42 Å². The standard InChI is InChI=1S/C65H121N17O17/c1-33(2)32-46(60(93)81-51(37(9)10)65(98)99)77-62(95)49(35(5)6)78-59(92)45(26-27-47(84)85)76-64(97)52(40(13)83)82-54(87)39(12)71-53(86)38(11)72-61(94)48(34(3)4)80-63(96)50(36(7)8)79-58(91)44(25-17-21-31-69)75-57(90)43(24-16-20-30-68)74-56(89)42(23-15-19-29-67)73-55(88)41(70)22-14-18-28-66/h33-46,48-52,83H,14-32,66-70H2,1-13H3,(H,71,86)(H,72,94)(H,73,88)(H,74,89)(H,75,90)(H,76,97)(H,77,95)(H,78,92)(H,79,91)(H,80,96)(H,81,93)(H,82,87)(H,84,85)(H,98,99)/t38-,39-,40+,41-,42-,43-,44-,45-,46-,48-,49-,50-,51-,52-/m0/s1. The molecular weight excluding hydrogens is 1290 g/mol. The van der Waals surface area contributed by atoms with Crippen molar-refractivity contribution in [2.24, 2.45) is 58.3 Å². The fourth-order valence-electron chi connectivity index (χ4n) is 10.1. The molecule has 0 aliphatic carbocycles. The van der Waals surface area contributed by atoms with E-state index < -0.39 is 204 Å². The van der Waals surface area contributed by atoms with Gasteiger partial charge in [-0.3, -0.25) is 62.3 Å². The fraction of sp³-hybridized carbons (Fsp3) is 0.785. The van der Waals surface area contributed by atoms with Crippen LogP contribution in [0.1, 0.15) is 186 Å². The maximum Gasteiger partial charge on any atom is 0.326 e. The second kappa shape index (κ2) is 48.2. The van der Waals surface area contributed by atoms with E-state index in [1.165, 1.54) is 13.8 Å². The van der Waals surface area contributed by atoms with Crippen molar-refractivity contribution < 1.29 is 82.4 Å². The van der Waals surface area contributed by atoms with Crippen LogP contribution in [0.5, 0.6) is 0 Å². The number of hydrogen-bond acceptors (Lipinski definition) is 20. The van der Waals surface area contributed by atoms with Gasteiger partial charge < -0.3 is 108 Å². The molecule has 0 saturated heterocycles. The molecule has 568 valence electrons. The Morgan fingerprint density at radius 3 is 0.939 bits per heavy atom. The zero-order chi connectivity index (χ0) is 76.0. The summed E-state index contributed by atoms with van der Waals surface area (Å²) in [6.07, 6.45) is 1.82. The third-order valence-corrected chi connectivity index (χ3v) is 16.2. The molecule has 0 heterocycles. The third kappa shape index (κ3) is 35.3. The number of aliphatic hydroxyl groups is 1. The van der Waals surface area contributed by atoms with Crippen LogP contribution in [0.25, 0.3) is 0 Å². The van der Waals surface area contributed by atoms with E-state index in [1.54, 1.807) is 69.2 Å². The number of unbranched alkanes of at least 4 members (excludes halogenated alkanes) is 4. The Hall–Kier alpha value is -7.66. The number of carboxylic acid groups (broad SMARTS) is 2. The molecule has 0 aromatic heterocycles. The molecule has 0 aliphatic heterocycles. The Bertz CT molecular complexity index is 2610. The highest BCUT2D eigenvalue weighted by Gasteiger charge is 2.39. The highest BCUT2D eigenvalue weighted by Crippen LogP contribution is 2.15. The molecule has 0 unspecified atom stereocenters. The van der Waals surface area contributed by atoms with E-state index in [9.17, 15) is 82.4 Å². The lowest BCUT2D eigenvalue weighted by Crippen LogP contribution is -2.62. The van der Waals surface area contributed by atoms with Crippen molar-refractivity contribution in [2.75, 3.05) is 26.2 Å². The molecule has 0 rings (SSSR count). The predicted molar refractivity (Wildman–Crippen MR) is 369 cm³/mol. The van der Waals surface area contributed by atoms with Crippen LogP contribution in [0.2, 0.25) is 0 Å². The lowest BCUT2D eigenvalue weighted by Gasteiger charge is -2.30. The van der Waals surface area contributed by atoms with Gasteiger partial charge in [-0.05, 0) is 160 Å². The second-order valence-electron chi connectivity index (χ2n) is 27.1. The first-order valence-corrected chi connectivity index (χ1v) is 34.6. The zero-order valence-electron chi connectivity index (χ0n) is 60.3. The van der Waals surface area contributed by atoms with E-state index in [0.717, 1.165) is 6.92 Å². The van der Waals surface area contributed by atoms with Gasteiger partial charge in [0.1, 0.15) is 72.5 Å². The smallest absolute Gasteiger partial charge is 0.326 e. The lowest BCUT2D eigenvalue weighted by atomic mass is 9.98. The number of carboxylic acids is 2. The minimum absolute atomic E-state index is 0.0600. The van der Waals surface area contributed by atoms with E-state index in [0.29, 0.717) is 70.9 Å². The molecular formula is C65H121N17O17. The van der Waals surface area contributed by atoms with Crippen LogP contribution >= 0.6 is 0 Å². The number of nitrogens with one attached hydrogen (secondary N) is 12. The normalized spacial score (nSPS) is 15.7. The first kappa shape index (κ1) is 91.3. The summed E-state index contributed by atoms with van der Waals surface area (Å²) in [7, 11) is 0. The van der Waals surface area contributed by atoms with Crippen LogP contribution in [0.4, 0.5) is 0 Å². The summed E-state index contributed by atoms with van der Waals surface area (Å²) in [5.74, 6) is -15.5. The van der Waals surface area contributed by atoms with Gasteiger partial charge in [-0.15, -0.1) is 0 Å². The zero-order valence-corrected chi connectivity index (χ0v) is 60.3. The van der Waals surface area contributed by atoms with Crippen LogP contribution in [0, 0.1) is 29.6 Å². The molecule has 0 radical (unpaired) electrons. The molecule has 0 aromatic rings. The number of nitrogens with two attached hydrogens (primary N) is 5. The van der Waals surface area contributed by atoms with Crippen molar-refractivity contribution in [2.45, 2.75) is 271 Å². The molecule has 14 atom stereocenters. The molecule has 0 aliphatic rings. The monoisotopic (exact) mass is 1410 g/mol. The van der Waals surface area contributed by atoms with Crippen LogP contribution in [0.15, 0.2) is 0 Å². The van der Waals surface area contributed by atoms with Crippen molar-refractivity contribution in [3.05, 3.63) is 0 Å². The minimum Gasteiger partial charge on any atom is -0.481 e. The number of aliphatic hydroxyl groups excluding tert-OH is 1. The summed E-state index contributed by atoms with van der Waals surface area (Å²) in [6, 6.07) is -17.4. The van der Waals surface area contributed by atoms with E-state index in [4.69, 9.17) is 28.7 Å². The number of amides is 12. The van der Waals surface area contributed by atoms with Gasteiger partial charge in [0.25, 0.3) is 0 Å². The van der Waals surface area contributed by atoms with Crippen molar-refractivity contribution in [3.8, 4) is 0 Å². The number of aliphatic carboxylic acids is 2. The number of hydrogen-bond donors (Lipinski definition) is 20. The Morgan fingerprint density at radius 2 is 0.576 bits per heavy atom. The summed E-state index contributed by atoms with van der Waals surface area (Å²) in [5.41, 5.74) is 29.0. The molecule has 99 heavy (non-hydrogen) atoms. The maximum absolute atomic E-state index is 14.3. The molecule has 0 spiro atoms. The minimum atomic E-state index is -1.84. The fourth-order valence-corrected chi connectivity index (χ4v) is 10.1. The molecule has 0 bridgehead atoms. The average Bonchev–Trinajstić information content (AvgIpc) is 0.860. The van der Waals surface area contributed by atoms with Crippen molar-refractivity contribution in [3.63, 3.8) is 0 Å². The second-order valence-corrected chi connectivity index (χ2v) is 27.1. The molecule has 0 saturated carbocycles. The number of carbonyl (C=O) groups is 14. The third-order valence-electron chi connectivity index (χ3n) is 16.2. The topological polar surface area (TPSA) is 574 Å². The summed E-state index contributed by atoms with van der Waals surface area (Å²) in [4.78, 5) is 189. The average molecular weight is 1410 g/mol. The van der Waals surface area contributed by atoms with Crippen molar-refractivity contribution >= 4 is 82.8 Å². The summed E-state index contributed by atoms with van der Waals surface area (Å²) < 4.78 is 0. The van der Waals surface area contributed by atoms with Crippen LogP contribution in [0.3, 0.4) is 0 Å². The Labute approximate surface area is 582 Å². The number of carbonyl (C=O) groups excluding carboxylic acids is 12. The Kier molecular flexibility index (Phi) is 44.4. The van der Waals surface area contributed by atoms with E-state index in [1.807, 2.05) is 0 Å². The lowest BCUT2D eigenvalue weighted by molar-refractivity contribution is -0.144. The summed E-state index contributed by atoms with van der Waals surface area (Å²) in [6.45, 7) is 21.2. The summed E-state index contributed by atoms with van der Waals surface area (Å²) >= 11 is 0. The largest absolute Gasteiger partial charge is 0.481 e. The van der Waals surface area contributed by atoms with E-state index in [2.05, 4.69) is 63.8 Å². The van der Waals surface area contributed by atoms with Gasteiger partial charge in [-0.2, -0.15) is 0 Å². The van der Waals surface area contributed by atoms with E-state index >= 15 is 0 Å². The Balaban J connectivity index is 6.46. The molecule has 34 nitrogen and oxygen atoms in total. The Morgan fingerprint density at radius 1 is 0.303 bits per heavy atom. The predicted octanol–water partition coefficient (Wildman–Crippen LogP) is -3.31. The summed E-state index contributed by atoms with van der Waals surface area (Å²) in [5, 5.41) is 60.6. The first-order valence-electron chi connectivity index (χ1n) is 34.6. The van der Waals surface area contributed by atoms with Crippen molar-refractivity contribution in [1.82, 2.24) is 63.8 Å². The van der Waals surface area contributed by atoms with Crippen LogP contribution < -0.4 is 92.5 Å². The van der Waals surface area contributed by atoms with Crippen LogP contribution in [-0.4, -0.2) is 209 Å². The molecule has 34 heteroatoms. The van der Waals surface area contributed by atoms with E-state index in [-0.39, 0.29) is 44.7 Å². The number of rotatable bonds is 51. The van der Waals surface area contributed by atoms with Gasteiger partial charge >= 0.3 is 11.9 Å². The molecule has 0 aromatic carbocycles. The quantitative estimate of drug-likeness (QED) is 0.0265. The molecule has 12 amide bonds. The van der Waals surface area contributed by atoms with Crippen molar-refractivity contribution in [1.29, 1.82) is 0 Å². The maximum atomic E-state index is 14.3. The van der Waals surface area contributed by atoms with Crippen LogP contribution in [-0.2, 0) is 67.1 Å². The first-order chi connectivity index (χ1) is 46.3. The molecule has 0 fully saturated rings. The van der Waals surface area contributed by atoms with Gasteiger partial charge in [0.05, 0.1) is 12.1 Å².